The number of carboxylic acids is 1. The highest BCUT2D eigenvalue weighted by Gasteiger charge is 2.31. The van der Waals surface area contributed by atoms with Crippen molar-refractivity contribution in [2.24, 2.45) is 5.16 Å². The quantitative estimate of drug-likeness (QED) is 0.668. The van der Waals surface area contributed by atoms with E-state index in [1.807, 2.05) is 0 Å². The minimum absolute atomic E-state index is 0.0508. The Bertz CT molecular complexity index is 382. The summed E-state index contributed by atoms with van der Waals surface area (Å²) in [7, 11) is -1.02. The first-order chi connectivity index (χ1) is 7.91. The predicted octanol–water partition coefficient (Wildman–Crippen LogP) is -0.901. The van der Waals surface area contributed by atoms with Gasteiger partial charge in [-0.15, -0.1) is 0 Å². The van der Waals surface area contributed by atoms with Crippen LogP contribution in [0.4, 0.5) is 0 Å². The van der Waals surface area contributed by atoms with Crippen molar-refractivity contribution in [1.29, 1.82) is 0 Å². The molecular weight excluding hydrogens is 248 g/mol. The molecule has 0 aromatic rings. The molecule has 3 atom stereocenters. The van der Waals surface area contributed by atoms with Gasteiger partial charge in [-0.1, -0.05) is 5.16 Å². The fourth-order valence-corrected chi connectivity index (χ4v) is 1.44. The highest BCUT2D eigenvalue weighted by Crippen LogP contribution is 2.10. The lowest BCUT2D eigenvalue weighted by atomic mass is 10.2. The maximum Gasteiger partial charge on any atom is 0.353 e. The number of carboxylic acid groups (broad SMARTS) is 1. The summed E-state index contributed by atoms with van der Waals surface area (Å²) >= 11 is 0. The highest BCUT2D eigenvalue weighted by atomic mass is 32.2. The first-order valence-corrected chi connectivity index (χ1v) is 6.60. The van der Waals surface area contributed by atoms with Gasteiger partial charge in [0.05, 0.1) is 0 Å². The zero-order valence-corrected chi connectivity index (χ0v) is 10.3. The second-order valence-electron chi connectivity index (χ2n) is 3.70. The van der Waals surface area contributed by atoms with Gasteiger partial charge in [-0.05, 0) is 6.92 Å². The molecule has 7 nitrogen and oxygen atoms in total. The molecule has 0 fully saturated rings. The van der Waals surface area contributed by atoms with Gasteiger partial charge in [0.1, 0.15) is 0 Å². The average Bonchev–Trinajstić information content (AvgIpc) is 2.74. The van der Waals surface area contributed by atoms with E-state index in [0.717, 1.165) is 0 Å². The normalized spacial score (nSPS) is 22.2. The predicted molar refractivity (Wildman–Crippen MR) is 61.1 cm³/mol. The summed E-state index contributed by atoms with van der Waals surface area (Å²) in [5.41, 5.74) is -0.169. The lowest BCUT2D eigenvalue weighted by Gasteiger charge is -2.12. The smallest absolute Gasteiger partial charge is 0.353 e. The summed E-state index contributed by atoms with van der Waals surface area (Å²) in [5, 5.41) is 14.3. The van der Waals surface area contributed by atoms with Gasteiger partial charge in [0.15, 0.2) is 5.71 Å². The number of nitrogens with one attached hydrogen (secondary N) is 1. The Morgan fingerprint density at radius 2 is 2.35 bits per heavy atom. The van der Waals surface area contributed by atoms with Crippen LogP contribution in [0.5, 0.6) is 0 Å². The van der Waals surface area contributed by atoms with E-state index in [1.54, 1.807) is 13.2 Å². The molecule has 1 heterocycles. The molecule has 0 aromatic heterocycles. The maximum atomic E-state index is 11.5. The standard InChI is InChI=1S/C9H14N2O5S/c1-5(17(2)15)4-10-8(12)7-3-6(9(13)14)11-16-7/h5,7H,3-4H2,1-2H3,(H,10,12)(H,13,14). The van der Waals surface area contributed by atoms with E-state index in [9.17, 15) is 13.8 Å². The summed E-state index contributed by atoms with van der Waals surface area (Å²) < 4.78 is 11.0. The molecule has 17 heavy (non-hydrogen) atoms. The summed E-state index contributed by atoms with van der Waals surface area (Å²) in [5.74, 6) is -1.63. The molecule has 96 valence electrons. The van der Waals surface area contributed by atoms with Gasteiger partial charge >= 0.3 is 5.97 Å². The van der Waals surface area contributed by atoms with Crippen molar-refractivity contribution in [3.8, 4) is 0 Å². The molecule has 8 heteroatoms. The number of amides is 1. The summed E-state index contributed by atoms with van der Waals surface area (Å²) in [4.78, 5) is 26.8. The van der Waals surface area contributed by atoms with E-state index in [0.29, 0.717) is 0 Å². The van der Waals surface area contributed by atoms with Crippen LogP contribution < -0.4 is 5.32 Å². The average molecular weight is 262 g/mol. The van der Waals surface area contributed by atoms with Gasteiger partial charge in [-0.3, -0.25) is 9.00 Å². The largest absolute Gasteiger partial charge is 0.477 e. The highest BCUT2D eigenvalue weighted by molar-refractivity contribution is 7.84. The summed E-state index contributed by atoms with van der Waals surface area (Å²) in [6.45, 7) is 2.00. The Morgan fingerprint density at radius 3 is 2.82 bits per heavy atom. The van der Waals surface area contributed by atoms with Crippen LogP contribution in [-0.2, 0) is 25.2 Å². The van der Waals surface area contributed by atoms with Crippen molar-refractivity contribution in [1.82, 2.24) is 5.32 Å². The van der Waals surface area contributed by atoms with Crippen molar-refractivity contribution < 1.29 is 23.7 Å². The van der Waals surface area contributed by atoms with Crippen LogP contribution >= 0.6 is 0 Å². The van der Waals surface area contributed by atoms with Crippen LogP contribution in [0.1, 0.15) is 13.3 Å². The Morgan fingerprint density at radius 1 is 1.71 bits per heavy atom. The van der Waals surface area contributed by atoms with Gasteiger partial charge in [0.25, 0.3) is 5.91 Å². The van der Waals surface area contributed by atoms with Gasteiger partial charge < -0.3 is 15.3 Å². The molecule has 2 N–H and O–H groups in total. The molecule has 0 bridgehead atoms. The number of nitrogens with zero attached hydrogens (tertiary/aromatic N) is 1. The van der Waals surface area contributed by atoms with E-state index >= 15 is 0 Å². The summed E-state index contributed by atoms with van der Waals surface area (Å²) in [6, 6.07) is 0. The van der Waals surface area contributed by atoms with Crippen LogP contribution in [0.25, 0.3) is 0 Å². The zero-order chi connectivity index (χ0) is 13.0. The minimum atomic E-state index is -1.19. The molecule has 0 saturated heterocycles. The molecule has 1 amide bonds. The number of carbonyl (C=O) groups excluding carboxylic acids is 1. The second kappa shape index (κ2) is 5.76. The summed E-state index contributed by atoms with van der Waals surface area (Å²) in [6.07, 6.45) is 0.595. The van der Waals surface area contributed by atoms with Crippen LogP contribution in [0.2, 0.25) is 0 Å². The van der Waals surface area contributed by atoms with Gasteiger partial charge in [0.2, 0.25) is 6.10 Å². The van der Waals surface area contributed by atoms with Crippen LogP contribution in [0, 0.1) is 0 Å². The molecule has 0 radical (unpaired) electrons. The Hall–Kier alpha value is -1.44. The van der Waals surface area contributed by atoms with E-state index in [2.05, 4.69) is 10.5 Å². The van der Waals surface area contributed by atoms with Gasteiger partial charge in [0, 0.05) is 35.3 Å². The van der Waals surface area contributed by atoms with Crippen LogP contribution in [0.3, 0.4) is 0 Å². The zero-order valence-electron chi connectivity index (χ0n) is 9.50. The Balaban J connectivity index is 2.37. The molecule has 0 aliphatic carbocycles. The molecule has 1 aliphatic rings. The fourth-order valence-electron chi connectivity index (χ4n) is 1.12. The number of hydrogen-bond acceptors (Lipinski definition) is 5. The topological polar surface area (TPSA) is 105 Å². The number of aliphatic carboxylic acids is 1. The minimum Gasteiger partial charge on any atom is -0.477 e. The fraction of sp³-hybridized carbons (Fsp3) is 0.667. The molecule has 1 aliphatic heterocycles. The first-order valence-electron chi connectivity index (χ1n) is 4.97. The van der Waals surface area contributed by atoms with E-state index in [-0.39, 0.29) is 23.9 Å². The maximum absolute atomic E-state index is 11.5. The number of rotatable bonds is 5. The monoisotopic (exact) mass is 262 g/mol. The van der Waals surface area contributed by atoms with Crippen molar-refractivity contribution in [3.05, 3.63) is 0 Å². The van der Waals surface area contributed by atoms with Crippen molar-refractivity contribution in [2.45, 2.75) is 24.7 Å². The number of hydrogen-bond donors (Lipinski definition) is 2. The Kier molecular flexibility index (Phi) is 4.62. The van der Waals surface area contributed by atoms with Crippen LogP contribution in [-0.4, -0.2) is 51.1 Å². The van der Waals surface area contributed by atoms with E-state index in [4.69, 9.17) is 9.94 Å². The third-order valence-electron chi connectivity index (χ3n) is 2.34. The van der Waals surface area contributed by atoms with E-state index < -0.39 is 28.8 Å². The molecule has 3 unspecified atom stereocenters. The Labute approximate surface area is 101 Å². The third kappa shape index (κ3) is 3.81. The number of carbonyl (C=O) groups is 2. The van der Waals surface area contributed by atoms with Gasteiger partial charge in [-0.25, -0.2) is 4.79 Å². The SMILES string of the molecule is CC(CNC(=O)C1CC(C(=O)O)=NO1)S(C)=O. The van der Waals surface area contributed by atoms with Gasteiger partial charge in [-0.2, -0.15) is 0 Å². The lowest BCUT2D eigenvalue weighted by molar-refractivity contribution is -0.131. The van der Waals surface area contributed by atoms with E-state index in [1.165, 1.54) is 0 Å². The molecule has 0 saturated carbocycles. The molecular formula is C9H14N2O5S. The molecule has 1 rings (SSSR count). The lowest BCUT2D eigenvalue weighted by Crippen LogP contribution is -2.39. The number of oxime groups is 1. The third-order valence-corrected chi connectivity index (χ3v) is 3.64. The van der Waals surface area contributed by atoms with Crippen LogP contribution in [0.15, 0.2) is 5.16 Å². The second-order valence-corrected chi connectivity index (χ2v) is 5.50. The van der Waals surface area contributed by atoms with Crippen molar-refractivity contribution in [3.63, 3.8) is 0 Å². The molecule has 0 aromatic carbocycles. The van der Waals surface area contributed by atoms with Crippen molar-refractivity contribution in [2.75, 3.05) is 12.8 Å². The molecule has 0 spiro atoms. The van der Waals surface area contributed by atoms with Crippen molar-refractivity contribution >= 4 is 28.4 Å². The first kappa shape index (κ1) is 13.6.